The van der Waals surface area contributed by atoms with Crippen LogP contribution in [-0.4, -0.2) is 21.3 Å². The lowest BCUT2D eigenvalue weighted by atomic mass is 10.2. The summed E-state index contributed by atoms with van der Waals surface area (Å²) in [5.41, 5.74) is 0.860. The Hall–Kier alpha value is -1.24. The van der Waals surface area contributed by atoms with Crippen molar-refractivity contribution in [1.29, 1.82) is 0 Å². The number of hydrogen-bond acceptors (Lipinski definition) is 4. The summed E-state index contributed by atoms with van der Waals surface area (Å²) in [5.74, 6) is 0. The Kier molecular flexibility index (Phi) is 5.90. The Balaban J connectivity index is 2.31. The number of rotatable bonds is 7. The summed E-state index contributed by atoms with van der Waals surface area (Å²) in [5, 5.41) is 11.3. The third-order valence-electron chi connectivity index (χ3n) is 3.00. The summed E-state index contributed by atoms with van der Waals surface area (Å²) in [6.07, 6.45) is 0.882. The van der Waals surface area contributed by atoms with Crippen molar-refractivity contribution in [2.24, 2.45) is 0 Å². The molecule has 114 valence electrons. The summed E-state index contributed by atoms with van der Waals surface area (Å²) >= 11 is 7.75. The average Bonchev–Trinajstić information content (AvgIpc) is 2.80. The van der Waals surface area contributed by atoms with Gasteiger partial charge in [0.1, 0.15) is 0 Å². The fourth-order valence-electron chi connectivity index (χ4n) is 1.96. The van der Waals surface area contributed by atoms with Crippen molar-refractivity contribution < 1.29 is 0 Å². The maximum absolute atomic E-state index is 11.7. The van der Waals surface area contributed by atoms with E-state index in [-0.39, 0.29) is 5.69 Å². The quantitative estimate of drug-likeness (QED) is 0.821. The van der Waals surface area contributed by atoms with Gasteiger partial charge in [0.05, 0.1) is 0 Å². The molecule has 1 heterocycles. The number of aromatic amines is 1. The van der Waals surface area contributed by atoms with Crippen LogP contribution >= 0.6 is 23.4 Å². The van der Waals surface area contributed by atoms with Gasteiger partial charge < -0.3 is 5.32 Å². The summed E-state index contributed by atoms with van der Waals surface area (Å²) in [6.45, 7) is 6.31. The van der Waals surface area contributed by atoms with Crippen LogP contribution in [0.4, 0.5) is 0 Å². The highest BCUT2D eigenvalue weighted by molar-refractivity contribution is 7.99. The van der Waals surface area contributed by atoms with E-state index in [1.807, 2.05) is 25.1 Å². The smallest absolute Gasteiger partial charge is 0.313 e. The van der Waals surface area contributed by atoms with Crippen LogP contribution in [-0.2, 0) is 13.1 Å². The van der Waals surface area contributed by atoms with Gasteiger partial charge in [-0.1, -0.05) is 31.5 Å². The summed E-state index contributed by atoms with van der Waals surface area (Å²) in [6, 6.07) is 5.79. The van der Waals surface area contributed by atoms with E-state index in [0.29, 0.717) is 18.2 Å². The first-order valence-electron chi connectivity index (χ1n) is 6.98. The number of benzene rings is 1. The first kappa shape index (κ1) is 16.1. The molecule has 21 heavy (non-hydrogen) atoms. The van der Waals surface area contributed by atoms with E-state index in [0.717, 1.165) is 28.4 Å². The van der Waals surface area contributed by atoms with E-state index in [9.17, 15) is 4.79 Å². The predicted octanol–water partition coefficient (Wildman–Crippen LogP) is 2.90. The zero-order chi connectivity index (χ0) is 15.2. The molecule has 2 aromatic rings. The van der Waals surface area contributed by atoms with Gasteiger partial charge in [0, 0.05) is 23.0 Å². The lowest BCUT2D eigenvalue weighted by molar-refractivity contribution is 0.603. The minimum absolute atomic E-state index is 0.172. The van der Waals surface area contributed by atoms with Crippen LogP contribution in [0.5, 0.6) is 0 Å². The van der Waals surface area contributed by atoms with E-state index < -0.39 is 0 Å². The molecule has 2 N–H and O–H groups in total. The van der Waals surface area contributed by atoms with Crippen LogP contribution in [0.1, 0.15) is 25.8 Å². The normalized spacial score (nSPS) is 11.0. The minimum Gasteiger partial charge on any atom is -0.313 e. The second-order valence-corrected chi connectivity index (χ2v) is 5.98. The van der Waals surface area contributed by atoms with Crippen LogP contribution in [0, 0.1) is 0 Å². The van der Waals surface area contributed by atoms with Gasteiger partial charge in [-0.15, -0.1) is 5.10 Å². The minimum atomic E-state index is -0.172. The van der Waals surface area contributed by atoms with Crippen molar-refractivity contribution in [2.75, 3.05) is 6.54 Å². The number of aromatic nitrogens is 3. The highest BCUT2D eigenvalue weighted by Gasteiger charge is 2.13. The van der Waals surface area contributed by atoms with Gasteiger partial charge in [-0.25, -0.2) is 9.89 Å². The molecule has 0 saturated heterocycles. The van der Waals surface area contributed by atoms with Crippen molar-refractivity contribution >= 4 is 23.4 Å². The average molecular weight is 327 g/mol. The third-order valence-corrected chi connectivity index (χ3v) is 4.45. The number of nitrogens with zero attached hydrogens (tertiary/aromatic N) is 2. The molecule has 0 bridgehead atoms. The lowest BCUT2D eigenvalue weighted by Gasteiger charge is -2.11. The van der Waals surface area contributed by atoms with Gasteiger partial charge >= 0.3 is 5.69 Å². The molecule has 0 unspecified atom stereocenters. The zero-order valence-corrected chi connectivity index (χ0v) is 13.7. The van der Waals surface area contributed by atoms with Crippen molar-refractivity contribution in [3.63, 3.8) is 0 Å². The molecule has 5 nitrogen and oxygen atoms in total. The van der Waals surface area contributed by atoms with Gasteiger partial charge in [-0.05, 0) is 42.4 Å². The fraction of sp³-hybridized carbons (Fsp3) is 0.429. The van der Waals surface area contributed by atoms with Gasteiger partial charge in [0.15, 0.2) is 5.16 Å². The van der Waals surface area contributed by atoms with E-state index in [2.05, 4.69) is 22.4 Å². The highest BCUT2D eigenvalue weighted by atomic mass is 35.5. The lowest BCUT2D eigenvalue weighted by Crippen LogP contribution is -2.17. The highest BCUT2D eigenvalue weighted by Crippen LogP contribution is 2.32. The van der Waals surface area contributed by atoms with E-state index >= 15 is 0 Å². The van der Waals surface area contributed by atoms with Crippen LogP contribution in [0.15, 0.2) is 33.0 Å². The second kappa shape index (κ2) is 7.68. The van der Waals surface area contributed by atoms with Gasteiger partial charge in [-0.2, -0.15) is 0 Å². The molecule has 0 spiro atoms. The molecule has 1 aromatic carbocycles. The Morgan fingerprint density at radius 1 is 1.43 bits per heavy atom. The molecular weight excluding hydrogens is 308 g/mol. The molecule has 0 radical (unpaired) electrons. The molecule has 2 rings (SSSR count). The second-order valence-electron chi connectivity index (χ2n) is 4.56. The topological polar surface area (TPSA) is 62.7 Å². The summed E-state index contributed by atoms with van der Waals surface area (Å²) < 4.78 is 1.66. The van der Waals surface area contributed by atoms with Crippen LogP contribution in [0.3, 0.4) is 0 Å². The van der Waals surface area contributed by atoms with E-state index in [4.69, 9.17) is 11.6 Å². The molecule has 0 aliphatic carbocycles. The van der Waals surface area contributed by atoms with Crippen LogP contribution in [0.2, 0.25) is 5.02 Å². The first-order valence-corrected chi connectivity index (χ1v) is 8.18. The molecular formula is C14H19ClN4OS. The molecule has 0 atom stereocenters. The largest absolute Gasteiger partial charge is 0.343 e. The van der Waals surface area contributed by atoms with E-state index in [1.165, 1.54) is 11.8 Å². The Labute approximate surface area is 133 Å². The predicted molar refractivity (Wildman–Crippen MR) is 86.1 cm³/mol. The number of hydrogen-bond donors (Lipinski definition) is 2. The SMILES string of the molecule is CCCn1c(Sc2cccc(Cl)c2CNCC)n[nH]c1=O. The number of H-pyrrole nitrogens is 1. The van der Waals surface area contributed by atoms with Crippen LogP contribution in [0.25, 0.3) is 0 Å². The molecule has 0 saturated carbocycles. The molecule has 7 heteroatoms. The maximum atomic E-state index is 11.7. The van der Waals surface area contributed by atoms with E-state index in [1.54, 1.807) is 4.57 Å². The van der Waals surface area contributed by atoms with Crippen LogP contribution < -0.4 is 11.0 Å². The third kappa shape index (κ3) is 3.90. The molecule has 0 amide bonds. The fourth-order valence-corrected chi connectivity index (χ4v) is 3.28. The van der Waals surface area contributed by atoms with Crippen molar-refractivity contribution in [3.8, 4) is 0 Å². The monoisotopic (exact) mass is 326 g/mol. The maximum Gasteiger partial charge on any atom is 0.343 e. The molecule has 0 fully saturated rings. The molecule has 0 aliphatic rings. The standard InChI is InChI=1S/C14H19ClN4OS/c1-3-8-19-13(20)17-18-14(19)21-12-7-5-6-11(15)10(12)9-16-4-2/h5-7,16H,3-4,8-9H2,1-2H3,(H,17,20). The van der Waals surface area contributed by atoms with Gasteiger partial charge in [0.2, 0.25) is 0 Å². The molecule has 0 aliphatic heterocycles. The van der Waals surface area contributed by atoms with Gasteiger partial charge in [-0.3, -0.25) is 4.57 Å². The first-order chi connectivity index (χ1) is 10.2. The Bertz CT molecular complexity index is 653. The Morgan fingerprint density at radius 3 is 2.95 bits per heavy atom. The van der Waals surface area contributed by atoms with Crippen molar-refractivity contribution in [1.82, 2.24) is 20.1 Å². The van der Waals surface area contributed by atoms with Crippen molar-refractivity contribution in [3.05, 3.63) is 39.3 Å². The van der Waals surface area contributed by atoms with Crippen molar-refractivity contribution in [2.45, 2.75) is 43.4 Å². The Morgan fingerprint density at radius 2 is 2.24 bits per heavy atom. The number of nitrogens with one attached hydrogen (secondary N) is 2. The zero-order valence-electron chi connectivity index (χ0n) is 12.1. The summed E-state index contributed by atoms with van der Waals surface area (Å²) in [7, 11) is 0. The van der Waals surface area contributed by atoms with Gasteiger partial charge in [0.25, 0.3) is 0 Å². The number of halogens is 1. The summed E-state index contributed by atoms with van der Waals surface area (Å²) in [4.78, 5) is 12.8. The molecule has 1 aromatic heterocycles.